The second-order valence-electron chi connectivity index (χ2n) is 5.12. The Balaban J connectivity index is 2.20. The number of hydrogen-bond donors (Lipinski definition) is 2. The maximum Gasteiger partial charge on any atom is 0.130 e. The van der Waals surface area contributed by atoms with Crippen molar-refractivity contribution in [2.45, 2.75) is 26.9 Å². The molecule has 0 amide bonds. The molecule has 0 saturated heterocycles. The molecule has 106 valence electrons. The number of aliphatic hydroxyl groups excluding tert-OH is 1. The van der Waals surface area contributed by atoms with Crippen molar-refractivity contribution in [3.05, 3.63) is 58.7 Å². The Labute approximate surface area is 120 Å². The highest BCUT2D eigenvalue weighted by Gasteiger charge is 2.07. The van der Waals surface area contributed by atoms with Crippen LogP contribution in [0, 0.1) is 20.8 Å². The number of ether oxygens (including phenoxy) is 1. The van der Waals surface area contributed by atoms with Gasteiger partial charge < -0.3 is 15.6 Å². The molecule has 3 nitrogen and oxygen atoms in total. The smallest absolute Gasteiger partial charge is 0.130 e. The molecule has 0 aliphatic heterocycles. The summed E-state index contributed by atoms with van der Waals surface area (Å²) in [5, 5.41) is 9.66. The normalized spacial score (nSPS) is 12.2. The van der Waals surface area contributed by atoms with Gasteiger partial charge in [0.1, 0.15) is 11.5 Å². The van der Waals surface area contributed by atoms with E-state index in [1.165, 1.54) is 11.1 Å². The Hall–Kier alpha value is -1.84. The number of aliphatic hydroxyl groups is 1. The van der Waals surface area contributed by atoms with Crippen molar-refractivity contribution < 1.29 is 9.84 Å². The molecule has 0 saturated carbocycles. The predicted molar refractivity (Wildman–Crippen MR) is 81.2 cm³/mol. The summed E-state index contributed by atoms with van der Waals surface area (Å²) in [6.07, 6.45) is -0.618. The van der Waals surface area contributed by atoms with Crippen LogP contribution in [0.5, 0.6) is 11.5 Å². The summed E-state index contributed by atoms with van der Waals surface area (Å²) in [6, 6.07) is 11.5. The second-order valence-corrected chi connectivity index (χ2v) is 5.12. The molecule has 2 aromatic carbocycles. The van der Waals surface area contributed by atoms with Crippen LogP contribution in [-0.4, -0.2) is 11.7 Å². The van der Waals surface area contributed by atoms with E-state index < -0.39 is 6.10 Å². The standard InChI is InChI=1S/C17H21NO2/c1-11-8-13(3)17(9-12(11)2)20-15-6-4-14(5-7-15)16(19)10-18/h4-9,16,19H,10,18H2,1-3H3. The molecule has 1 unspecified atom stereocenters. The van der Waals surface area contributed by atoms with Crippen LogP contribution in [0.4, 0.5) is 0 Å². The maximum absolute atomic E-state index is 9.66. The Morgan fingerprint density at radius 3 is 2.20 bits per heavy atom. The third kappa shape index (κ3) is 3.18. The van der Waals surface area contributed by atoms with Gasteiger partial charge in [0.2, 0.25) is 0 Å². The van der Waals surface area contributed by atoms with Crippen molar-refractivity contribution >= 4 is 0 Å². The maximum atomic E-state index is 9.66. The predicted octanol–water partition coefficient (Wildman–Crippen LogP) is 3.40. The molecular weight excluding hydrogens is 250 g/mol. The third-order valence-corrected chi connectivity index (χ3v) is 3.51. The summed E-state index contributed by atoms with van der Waals surface area (Å²) in [5.74, 6) is 1.62. The largest absolute Gasteiger partial charge is 0.457 e. The van der Waals surface area contributed by atoms with Crippen LogP contribution < -0.4 is 10.5 Å². The zero-order valence-electron chi connectivity index (χ0n) is 12.2. The van der Waals surface area contributed by atoms with E-state index in [1.54, 1.807) is 0 Å². The van der Waals surface area contributed by atoms with E-state index in [2.05, 4.69) is 19.9 Å². The number of nitrogens with two attached hydrogens (primary N) is 1. The van der Waals surface area contributed by atoms with Gasteiger partial charge in [-0.05, 0) is 61.2 Å². The lowest BCUT2D eigenvalue weighted by atomic mass is 10.1. The summed E-state index contributed by atoms with van der Waals surface area (Å²) in [6.45, 7) is 6.42. The second kappa shape index (κ2) is 6.07. The monoisotopic (exact) mass is 271 g/mol. The molecule has 3 N–H and O–H groups in total. The van der Waals surface area contributed by atoms with Gasteiger partial charge in [0, 0.05) is 6.54 Å². The molecule has 0 aromatic heterocycles. The summed E-state index contributed by atoms with van der Waals surface area (Å²) < 4.78 is 5.90. The van der Waals surface area contributed by atoms with Gasteiger partial charge in [-0.25, -0.2) is 0 Å². The highest BCUT2D eigenvalue weighted by molar-refractivity contribution is 5.43. The van der Waals surface area contributed by atoms with Gasteiger partial charge in [-0.3, -0.25) is 0 Å². The average Bonchev–Trinajstić information content (AvgIpc) is 2.44. The zero-order valence-corrected chi connectivity index (χ0v) is 12.2. The van der Waals surface area contributed by atoms with E-state index in [0.717, 1.165) is 22.6 Å². The molecule has 1 atom stereocenters. The number of benzene rings is 2. The molecule has 0 spiro atoms. The fourth-order valence-corrected chi connectivity index (χ4v) is 2.07. The fourth-order valence-electron chi connectivity index (χ4n) is 2.07. The fraction of sp³-hybridized carbons (Fsp3) is 0.294. The van der Waals surface area contributed by atoms with E-state index >= 15 is 0 Å². The Morgan fingerprint density at radius 2 is 1.60 bits per heavy atom. The topological polar surface area (TPSA) is 55.5 Å². The molecule has 0 heterocycles. The molecule has 2 rings (SSSR count). The third-order valence-electron chi connectivity index (χ3n) is 3.51. The summed E-state index contributed by atoms with van der Waals surface area (Å²) >= 11 is 0. The van der Waals surface area contributed by atoms with Crippen molar-refractivity contribution in [1.82, 2.24) is 0 Å². The molecule has 0 aliphatic rings. The zero-order chi connectivity index (χ0) is 14.7. The van der Waals surface area contributed by atoms with Crippen LogP contribution in [0.3, 0.4) is 0 Å². The van der Waals surface area contributed by atoms with E-state index in [-0.39, 0.29) is 6.54 Å². The first-order valence-corrected chi connectivity index (χ1v) is 6.75. The first-order chi connectivity index (χ1) is 9.51. The van der Waals surface area contributed by atoms with Crippen LogP contribution in [0.1, 0.15) is 28.4 Å². The number of aryl methyl sites for hydroxylation is 3. The van der Waals surface area contributed by atoms with Gasteiger partial charge in [-0.1, -0.05) is 18.2 Å². The summed E-state index contributed by atoms with van der Waals surface area (Å²) in [4.78, 5) is 0. The lowest BCUT2D eigenvalue weighted by Gasteiger charge is -2.13. The van der Waals surface area contributed by atoms with Crippen molar-refractivity contribution in [2.75, 3.05) is 6.54 Å². The highest BCUT2D eigenvalue weighted by atomic mass is 16.5. The SMILES string of the molecule is Cc1cc(C)c(Oc2ccc(C(O)CN)cc2)cc1C. The minimum Gasteiger partial charge on any atom is -0.457 e. The van der Waals surface area contributed by atoms with E-state index in [4.69, 9.17) is 10.5 Å². The molecule has 0 radical (unpaired) electrons. The van der Waals surface area contributed by atoms with E-state index in [1.807, 2.05) is 37.3 Å². The molecule has 0 aliphatic carbocycles. The van der Waals surface area contributed by atoms with Crippen molar-refractivity contribution in [2.24, 2.45) is 5.73 Å². The summed E-state index contributed by atoms with van der Waals surface area (Å²) in [5.41, 5.74) is 9.82. The van der Waals surface area contributed by atoms with Crippen molar-refractivity contribution in [3.63, 3.8) is 0 Å². The molecule has 0 fully saturated rings. The van der Waals surface area contributed by atoms with E-state index in [9.17, 15) is 5.11 Å². The Kier molecular flexibility index (Phi) is 4.42. The summed E-state index contributed by atoms with van der Waals surface area (Å²) in [7, 11) is 0. The van der Waals surface area contributed by atoms with Crippen LogP contribution in [0.2, 0.25) is 0 Å². The van der Waals surface area contributed by atoms with Gasteiger partial charge >= 0.3 is 0 Å². The molecular formula is C17H21NO2. The Bertz CT molecular complexity index is 591. The van der Waals surface area contributed by atoms with E-state index in [0.29, 0.717) is 0 Å². The van der Waals surface area contributed by atoms with Gasteiger partial charge in [-0.2, -0.15) is 0 Å². The number of rotatable bonds is 4. The molecule has 20 heavy (non-hydrogen) atoms. The average molecular weight is 271 g/mol. The molecule has 0 bridgehead atoms. The molecule has 2 aromatic rings. The lowest BCUT2D eigenvalue weighted by molar-refractivity contribution is 0.186. The number of hydrogen-bond acceptors (Lipinski definition) is 3. The lowest BCUT2D eigenvalue weighted by Crippen LogP contribution is -2.11. The van der Waals surface area contributed by atoms with Crippen molar-refractivity contribution in [1.29, 1.82) is 0 Å². The van der Waals surface area contributed by atoms with Gasteiger partial charge in [-0.15, -0.1) is 0 Å². The first-order valence-electron chi connectivity index (χ1n) is 6.75. The quantitative estimate of drug-likeness (QED) is 0.896. The van der Waals surface area contributed by atoms with Gasteiger partial charge in [0.25, 0.3) is 0 Å². The van der Waals surface area contributed by atoms with Gasteiger partial charge in [0.05, 0.1) is 6.10 Å². The minimum absolute atomic E-state index is 0.219. The minimum atomic E-state index is -0.618. The van der Waals surface area contributed by atoms with Crippen LogP contribution in [-0.2, 0) is 0 Å². The highest BCUT2D eigenvalue weighted by Crippen LogP contribution is 2.28. The van der Waals surface area contributed by atoms with Crippen LogP contribution >= 0.6 is 0 Å². The van der Waals surface area contributed by atoms with Crippen molar-refractivity contribution in [3.8, 4) is 11.5 Å². The van der Waals surface area contributed by atoms with Crippen LogP contribution in [0.25, 0.3) is 0 Å². The Morgan fingerprint density at radius 1 is 1.00 bits per heavy atom. The van der Waals surface area contributed by atoms with Crippen LogP contribution in [0.15, 0.2) is 36.4 Å². The first kappa shape index (κ1) is 14.6. The van der Waals surface area contributed by atoms with Gasteiger partial charge in [0.15, 0.2) is 0 Å². The molecule has 3 heteroatoms.